The molecular weight excluding hydrogens is 338 g/mol. The highest BCUT2D eigenvalue weighted by Crippen LogP contribution is 2.29. The first-order valence-electron chi connectivity index (χ1n) is 8.43. The minimum atomic E-state index is -0.661. The summed E-state index contributed by atoms with van der Waals surface area (Å²) in [6, 6.07) is 5.26. The SMILES string of the molecule is COc1cc(/C=C/C(=O)OCC(=O)N2CCCC2=O)ccc1OC(C)C. The van der Waals surface area contributed by atoms with Crippen molar-refractivity contribution >= 4 is 23.9 Å². The highest BCUT2D eigenvalue weighted by molar-refractivity contribution is 5.98. The molecule has 1 aliphatic rings. The minimum absolute atomic E-state index is 0.0142. The summed E-state index contributed by atoms with van der Waals surface area (Å²) in [6.07, 6.45) is 3.79. The zero-order chi connectivity index (χ0) is 19.1. The van der Waals surface area contributed by atoms with Gasteiger partial charge in [0.05, 0.1) is 13.2 Å². The third kappa shape index (κ3) is 5.34. The Morgan fingerprint density at radius 3 is 2.65 bits per heavy atom. The average molecular weight is 361 g/mol. The predicted octanol–water partition coefficient (Wildman–Crippen LogP) is 2.19. The zero-order valence-electron chi connectivity index (χ0n) is 15.2. The van der Waals surface area contributed by atoms with Gasteiger partial charge in [-0.2, -0.15) is 0 Å². The topological polar surface area (TPSA) is 82.1 Å². The number of methoxy groups -OCH3 is 1. The fraction of sp³-hybridized carbons (Fsp3) is 0.421. The van der Waals surface area contributed by atoms with Crippen LogP contribution in [0.3, 0.4) is 0 Å². The second-order valence-electron chi connectivity index (χ2n) is 6.06. The first-order chi connectivity index (χ1) is 12.4. The van der Waals surface area contributed by atoms with Gasteiger partial charge in [-0.25, -0.2) is 4.79 Å². The van der Waals surface area contributed by atoms with Gasteiger partial charge in [0.15, 0.2) is 18.1 Å². The van der Waals surface area contributed by atoms with E-state index in [1.807, 2.05) is 13.8 Å². The number of likely N-dealkylation sites (tertiary alicyclic amines) is 1. The summed E-state index contributed by atoms with van der Waals surface area (Å²) >= 11 is 0. The molecule has 0 unspecified atom stereocenters. The summed E-state index contributed by atoms with van der Waals surface area (Å²) in [5, 5.41) is 0. The molecule has 0 bridgehead atoms. The Bertz CT molecular complexity index is 710. The minimum Gasteiger partial charge on any atom is -0.493 e. The maximum Gasteiger partial charge on any atom is 0.331 e. The van der Waals surface area contributed by atoms with Crippen LogP contribution in [-0.2, 0) is 19.1 Å². The molecule has 0 saturated carbocycles. The van der Waals surface area contributed by atoms with Gasteiger partial charge < -0.3 is 14.2 Å². The van der Waals surface area contributed by atoms with Crippen molar-refractivity contribution in [1.29, 1.82) is 0 Å². The zero-order valence-corrected chi connectivity index (χ0v) is 15.2. The molecule has 1 aromatic rings. The number of rotatable bonds is 7. The van der Waals surface area contributed by atoms with Crippen molar-refractivity contribution in [2.45, 2.75) is 32.8 Å². The van der Waals surface area contributed by atoms with Crippen molar-refractivity contribution in [3.05, 3.63) is 29.8 Å². The lowest BCUT2D eigenvalue weighted by atomic mass is 10.2. The van der Waals surface area contributed by atoms with E-state index in [0.29, 0.717) is 30.9 Å². The van der Waals surface area contributed by atoms with E-state index in [2.05, 4.69) is 0 Å². The first kappa shape index (κ1) is 19.5. The van der Waals surface area contributed by atoms with Gasteiger partial charge in [0, 0.05) is 19.0 Å². The van der Waals surface area contributed by atoms with E-state index in [9.17, 15) is 14.4 Å². The van der Waals surface area contributed by atoms with Gasteiger partial charge in [0.1, 0.15) is 0 Å². The molecular formula is C19H23NO6. The Morgan fingerprint density at radius 1 is 1.27 bits per heavy atom. The van der Waals surface area contributed by atoms with E-state index >= 15 is 0 Å². The van der Waals surface area contributed by atoms with Crippen molar-refractivity contribution in [3.63, 3.8) is 0 Å². The van der Waals surface area contributed by atoms with Crippen LogP contribution < -0.4 is 9.47 Å². The summed E-state index contributed by atoms with van der Waals surface area (Å²) in [5.41, 5.74) is 0.718. The Kier molecular flexibility index (Phi) is 6.77. The first-order valence-corrected chi connectivity index (χ1v) is 8.43. The summed E-state index contributed by atoms with van der Waals surface area (Å²) in [7, 11) is 1.54. The molecule has 26 heavy (non-hydrogen) atoms. The van der Waals surface area contributed by atoms with Crippen molar-refractivity contribution in [2.75, 3.05) is 20.3 Å². The Morgan fingerprint density at radius 2 is 2.04 bits per heavy atom. The second-order valence-corrected chi connectivity index (χ2v) is 6.06. The van der Waals surface area contributed by atoms with Gasteiger partial charge in [-0.3, -0.25) is 14.5 Å². The number of hydrogen-bond donors (Lipinski definition) is 0. The number of carbonyl (C=O) groups excluding carboxylic acids is 3. The lowest BCUT2D eigenvalue weighted by Crippen LogP contribution is -2.35. The molecule has 1 aromatic carbocycles. The lowest BCUT2D eigenvalue weighted by Gasteiger charge is -2.13. The van der Waals surface area contributed by atoms with E-state index in [-0.39, 0.29) is 12.0 Å². The Labute approximate surface area is 152 Å². The van der Waals surface area contributed by atoms with Crippen LogP contribution in [0.4, 0.5) is 0 Å². The molecule has 2 rings (SSSR count). The second kappa shape index (κ2) is 9.03. The van der Waals surface area contributed by atoms with E-state index in [1.54, 1.807) is 24.3 Å². The molecule has 0 radical (unpaired) electrons. The highest BCUT2D eigenvalue weighted by atomic mass is 16.5. The van der Waals surface area contributed by atoms with Crippen molar-refractivity contribution < 1.29 is 28.6 Å². The molecule has 7 heteroatoms. The molecule has 2 amide bonds. The fourth-order valence-electron chi connectivity index (χ4n) is 2.47. The predicted molar refractivity (Wildman–Crippen MR) is 94.7 cm³/mol. The molecule has 1 heterocycles. The number of esters is 1. The highest BCUT2D eigenvalue weighted by Gasteiger charge is 2.26. The molecule has 0 atom stereocenters. The smallest absolute Gasteiger partial charge is 0.331 e. The van der Waals surface area contributed by atoms with Crippen LogP contribution in [0.1, 0.15) is 32.3 Å². The molecule has 140 valence electrons. The standard InChI is InChI=1S/C19H23NO6/c1-13(2)26-15-8-6-14(11-16(15)24-3)7-9-19(23)25-12-18(22)20-10-4-5-17(20)21/h6-9,11,13H,4-5,10,12H2,1-3H3/b9-7+. The molecule has 0 aliphatic carbocycles. The van der Waals surface area contributed by atoms with E-state index in [0.717, 1.165) is 10.5 Å². The van der Waals surface area contributed by atoms with Gasteiger partial charge in [-0.05, 0) is 44.0 Å². The number of nitrogens with zero attached hydrogens (tertiary/aromatic N) is 1. The van der Waals surface area contributed by atoms with Crippen LogP contribution in [0.2, 0.25) is 0 Å². The Hall–Kier alpha value is -2.83. The lowest BCUT2D eigenvalue weighted by molar-refractivity contribution is -0.151. The molecule has 0 aromatic heterocycles. The molecule has 1 saturated heterocycles. The largest absolute Gasteiger partial charge is 0.493 e. The third-order valence-corrected chi connectivity index (χ3v) is 3.67. The van der Waals surface area contributed by atoms with E-state index in [4.69, 9.17) is 14.2 Å². The maximum absolute atomic E-state index is 11.8. The van der Waals surface area contributed by atoms with Gasteiger partial charge >= 0.3 is 5.97 Å². The van der Waals surface area contributed by atoms with Crippen LogP contribution in [0.15, 0.2) is 24.3 Å². The van der Waals surface area contributed by atoms with Gasteiger partial charge in [-0.1, -0.05) is 6.07 Å². The van der Waals surface area contributed by atoms with Crippen LogP contribution in [0, 0.1) is 0 Å². The van der Waals surface area contributed by atoms with Crippen LogP contribution in [0.25, 0.3) is 6.08 Å². The Balaban J connectivity index is 1.91. The quantitative estimate of drug-likeness (QED) is 0.547. The van der Waals surface area contributed by atoms with Crippen LogP contribution >= 0.6 is 0 Å². The van der Waals surface area contributed by atoms with Crippen LogP contribution in [-0.4, -0.2) is 49.0 Å². The number of hydrogen-bond acceptors (Lipinski definition) is 6. The number of imide groups is 1. The monoisotopic (exact) mass is 361 g/mol. The number of carbonyl (C=O) groups is 3. The molecule has 0 spiro atoms. The number of benzene rings is 1. The van der Waals surface area contributed by atoms with Gasteiger partial charge in [-0.15, -0.1) is 0 Å². The van der Waals surface area contributed by atoms with E-state index < -0.39 is 18.5 Å². The maximum atomic E-state index is 11.8. The summed E-state index contributed by atoms with van der Waals surface area (Å²) in [6.45, 7) is 3.77. The summed E-state index contributed by atoms with van der Waals surface area (Å²) in [5.74, 6) is -0.213. The van der Waals surface area contributed by atoms with Crippen LogP contribution in [0.5, 0.6) is 11.5 Å². The molecule has 0 N–H and O–H groups in total. The normalized spacial score (nSPS) is 14.2. The molecule has 1 aliphatic heterocycles. The van der Waals surface area contributed by atoms with Crippen molar-refractivity contribution in [3.8, 4) is 11.5 Å². The van der Waals surface area contributed by atoms with Crippen molar-refractivity contribution in [1.82, 2.24) is 4.90 Å². The average Bonchev–Trinajstić information content (AvgIpc) is 3.04. The summed E-state index contributed by atoms with van der Waals surface area (Å²) < 4.78 is 15.8. The van der Waals surface area contributed by atoms with Gasteiger partial charge in [0.2, 0.25) is 5.91 Å². The number of ether oxygens (including phenoxy) is 3. The van der Waals surface area contributed by atoms with Crippen molar-refractivity contribution in [2.24, 2.45) is 0 Å². The summed E-state index contributed by atoms with van der Waals surface area (Å²) in [4.78, 5) is 36.2. The third-order valence-electron chi connectivity index (χ3n) is 3.67. The molecule has 7 nitrogen and oxygen atoms in total. The van der Waals surface area contributed by atoms with E-state index in [1.165, 1.54) is 13.2 Å². The molecule has 1 fully saturated rings. The van der Waals surface area contributed by atoms with Gasteiger partial charge in [0.25, 0.3) is 5.91 Å². The fourth-order valence-corrected chi connectivity index (χ4v) is 2.47. The number of amides is 2.